The van der Waals surface area contributed by atoms with E-state index < -0.39 is 24.1 Å². The Labute approximate surface area is 118 Å². The minimum absolute atomic E-state index is 0.331. The molecule has 2 atom stereocenters. The zero-order valence-electron chi connectivity index (χ0n) is 12.1. The highest BCUT2D eigenvalue weighted by atomic mass is 16.5. The number of amides is 3. The standard InChI is InChI=1S/C12H23N3O5/c1-4-5-9(11(17)18)15-12(19)14-8(2)10(16)13-6-7-20-3/h8-9H,4-7H2,1-3H3,(H,13,16)(H,17,18)(H2,14,15,19). The Morgan fingerprint density at radius 2 is 1.90 bits per heavy atom. The van der Waals surface area contributed by atoms with Crippen molar-refractivity contribution in [2.24, 2.45) is 0 Å². The number of nitrogens with one attached hydrogen (secondary N) is 3. The summed E-state index contributed by atoms with van der Waals surface area (Å²) < 4.78 is 4.78. The van der Waals surface area contributed by atoms with Crippen molar-refractivity contribution in [1.29, 1.82) is 0 Å². The molecule has 8 heteroatoms. The van der Waals surface area contributed by atoms with Crippen LogP contribution in [0.1, 0.15) is 26.7 Å². The zero-order chi connectivity index (χ0) is 15.5. The van der Waals surface area contributed by atoms with Gasteiger partial charge in [-0.25, -0.2) is 9.59 Å². The number of hydrogen-bond acceptors (Lipinski definition) is 4. The van der Waals surface area contributed by atoms with E-state index in [1.165, 1.54) is 14.0 Å². The van der Waals surface area contributed by atoms with Gasteiger partial charge in [0.05, 0.1) is 6.61 Å². The van der Waals surface area contributed by atoms with Crippen LogP contribution in [0.2, 0.25) is 0 Å². The lowest BCUT2D eigenvalue weighted by atomic mass is 10.2. The first-order valence-corrected chi connectivity index (χ1v) is 6.48. The van der Waals surface area contributed by atoms with Crippen LogP contribution in [0.4, 0.5) is 4.79 Å². The summed E-state index contributed by atoms with van der Waals surface area (Å²) in [7, 11) is 1.51. The molecule has 116 valence electrons. The molecule has 0 aliphatic rings. The van der Waals surface area contributed by atoms with E-state index in [1.54, 1.807) is 0 Å². The molecule has 0 saturated carbocycles. The Morgan fingerprint density at radius 1 is 1.25 bits per heavy atom. The summed E-state index contributed by atoms with van der Waals surface area (Å²) in [6, 6.07) is -2.40. The normalized spacial score (nSPS) is 13.2. The number of carboxylic acids is 1. The SMILES string of the molecule is CCCC(NC(=O)NC(C)C(=O)NCCOC)C(=O)O. The minimum atomic E-state index is -1.10. The van der Waals surface area contributed by atoms with Gasteiger partial charge in [0.15, 0.2) is 0 Å². The van der Waals surface area contributed by atoms with Gasteiger partial charge in [-0.15, -0.1) is 0 Å². The third kappa shape index (κ3) is 7.57. The minimum Gasteiger partial charge on any atom is -0.480 e. The third-order valence-electron chi connectivity index (χ3n) is 2.53. The Balaban J connectivity index is 4.17. The van der Waals surface area contributed by atoms with Gasteiger partial charge in [0.25, 0.3) is 0 Å². The molecule has 8 nitrogen and oxygen atoms in total. The number of aliphatic carboxylic acids is 1. The van der Waals surface area contributed by atoms with E-state index in [0.29, 0.717) is 26.0 Å². The maximum Gasteiger partial charge on any atom is 0.326 e. The molecule has 0 rings (SSSR count). The summed E-state index contributed by atoms with van der Waals surface area (Å²) in [4.78, 5) is 34.0. The van der Waals surface area contributed by atoms with E-state index >= 15 is 0 Å². The molecule has 0 aliphatic carbocycles. The molecule has 0 radical (unpaired) electrons. The van der Waals surface area contributed by atoms with Crippen molar-refractivity contribution in [3.63, 3.8) is 0 Å². The smallest absolute Gasteiger partial charge is 0.326 e. The van der Waals surface area contributed by atoms with Crippen molar-refractivity contribution >= 4 is 17.9 Å². The van der Waals surface area contributed by atoms with E-state index in [1.807, 2.05) is 6.92 Å². The van der Waals surface area contributed by atoms with Gasteiger partial charge in [-0.1, -0.05) is 13.3 Å². The monoisotopic (exact) mass is 289 g/mol. The second-order valence-electron chi connectivity index (χ2n) is 4.30. The van der Waals surface area contributed by atoms with Gasteiger partial charge in [-0.3, -0.25) is 4.79 Å². The van der Waals surface area contributed by atoms with Gasteiger partial charge in [0.2, 0.25) is 5.91 Å². The van der Waals surface area contributed by atoms with Crippen LogP contribution in [-0.4, -0.2) is 55.4 Å². The zero-order valence-corrected chi connectivity index (χ0v) is 12.1. The highest BCUT2D eigenvalue weighted by molar-refractivity contribution is 5.88. The summed E-state index contributed by atoms with van der Waals surface area (Å²) in [5, 5.41) is 16.2. The third-order valence-corrected chi connectivity index (χ3v) is 2.53. The number of carboxylic acid groups (broad SMARTS) is 1. The lowest BCUT2D eigenvalue weighted by Gasteiger charge is -2.17. The fourth-order valence-electron chi connectivity index (χ4n) is 1.44. The lowest BCUT2D eigenvalue weighted by Crippen LogP contribution is -2.52. The Kier molecular flexibility index (Phi) is 9.10. The van der Waals surface area contributed by atoms with Gasteiger partial charge >= 0.3 is 12.0 Å². The van der Waals surface area contributed by atoms with Crippen LogP contribution in [0.15, 0.2) is 0 Å². The fraction of sp³-hybridized carbons (Fsp3) is 0.750. The van der Waals surface area contributed by atoms with Gasteiger partial charge < -0.3 is 25.8 Å². The summed E-state index contributed by atoms with van der Waals surface area (Å²) in [5.74, 6) is -1.46. The maximum atomic E-state index is 11.6. The van der Waals surface area contributed by atoms with Crippen LogP contribution in [0.5, 0.6) is 0 Å². The highest BCUT2D eigenvalue weighted by Crippen LogP contribution is 1.96. The maximum absolute atomic E-state index is 11.6. The van der Waals surface area contributed by atoms with E-state index in [0.717, 1.165) is 0 Å². The molecular formula is C12H23N3O5. The molecule has 2 unspecified atom stereocenters. The van der Waals surface area contributed by atoms with Crippen LogP contribution in [-0.2, 0) is 14.3 Å². The number of carbonyl (C=O) groups excluding carboxylic acids is 2. The van der Waals surface area contributed by atoms with Crippen LogP contribution in [0, 0.1) is 0 Å². The Morgan fingerprint density at radius 3 is 2.40 bits per heavy atom. The van der Waals surface area contributed by atoms with Crippen molar-refractivity contribution in [3.05, 3.63) is 0 Å². The van der Waals surface area contributed by atoms with Crippen LogP contribution in [0.3, 0.4) is 0 Å². The van der Waals surface area contributed by atoms with Crippen LogP contribution >= 0.6 is 0 Å². The second kappa shape index (κ2) is 10.0. The highest BCUT2D eigenvalue weighted by Gasteiger charge is 2.21. The van der Waals surface area contributed by atoms with Gasteiger partial charge in [0, 0.05) is 13.7 Å². The number of hydrogen-bond donors (Lipinski definition) is 4. The van der Waals surface area contributed by atoms with E-state index in [2.05, 4.69) is 16.0 Å². The molecule has 0 bridgehead atoms. The Hall–Kier alpha value is -1.83. The molecule has 0 saturated heterocycles. The summed E-state index contributed by atoms with van der Waals surface area (Å²) in [6.07, 6.45) is 0.960. The molecule has 0 fully saturated rings. The van der Waals surface area contributed by atoms with E-state index in [4.69, 9.17) is 9.84 Å². The Bertz CT molecular complexity index is 335. The average Bonchev–Trinajstić information content (AvgIpc) is 2.38. The first-order valence-electron chi connectivity index (χ1n) is 6.48. The number of methoxy groups -OCH3 is 1. The molecule has 4 N–H and O–H groups in total. The molecule has 0 aliphatic heterocycles. The van der Waals surface area contributed by atoms with Crippen molar-refractivity contribution in [1.82, 2.24) is 16.0 Å². The lowest BCUT2D eigenvalue weighted by molar-refractivity contribution is -0.139. The number of carbonyl (C=O) groups is 3. The fourth-order valence-corrected chi connectivity index (χ4v) is 1.44. The van der Waals surface area contributed by atoms with E-state index in [9.17, 15) is 14.4 Å². The molecule has 0 heterocycles. The first-order chi connectivity index (χ1) is 9.42. The molecule has 3 amide bonds. The largest absolute Gasteiger partial charge is 0.480 e. The summed E-state index contributed by atoms with van der Waals surface area (Å²) in [5.41, 5.74) is 0. The van der Waals surface area contributed by atoms with Crippen molar-refractivity contribution < 1.29 is 24.2 Å². The molecule has 0 aromatic carbocycles. The van der Waals surface area contributed by atoms with Gasteiger partial charge in [0.1, 0.15) is 12.1 Å². The van der Waals surface area contributed by atoms with Crippen molar-refractivity contribution in [2.45, 2.75) is 38.8 Å². The predicted molar refractivity (Wildman–Crippen MR) is 72.3 cm³/mol. The van der Waals surface area contributed by atoms with Crippen LogP contribution in [0.25, 0.3) is 0 Å². The van der Waals surface area contributed by atoms with Crippen molar-refractivity contribution in [3.8, 4) is 0 Å². The summed E-state index contributed by atoms with van der Waals surface area (Å²) >= 11 is 0. The molecule has 0 aromatic rings. The summed E-state index contributed by atoms with van der Waals surface area (Å²) in [6.45, 7) is 4.05. The number of ether oxygens (including phenoxy) is 1. The number of urea groups is 1. The average molecular weight is 289 g/mol. The second-order valence-corrected chi connectivity index (χ2v) is 4.30. The quantitative estimate of drug-likeness (QED) is 0.434. The molecular weight excluding hydrogens is 266 g/mol. The van der Waals surface area contributed by atoms with Gasteiger partial charge in [-0.05, 0) is 13.3 Å². The predicted octanol–water partition coefficient (Wildman–Crippen LogP) is -0.310. The van der Waals surface area contributed by atoms with Crippen LogP contribution < -0.4 is 16.0 Å². The molecule has 20 heavy (non-hydrogen) atoms. The topological polar surface area (TPSA) is 117 Å². The number of rotatable bonds is 9. The van der Waals surface area contributed by atoms with Crippen molar-refractivity contribution in [2.75, 3.05) is 20.3 Å². The van der Waals surface area contributed by atoms with E-state index in [-0.39, 0.29) is 5.91 Å². The molecule has 0 aromatic heterocycles. The first kappa shape index (κ1) is 18.2. The van der Waals surface area contributed by atoms with Gasteiger partial charge in [-0.2, -0.15) is 0 Å². The molecule has 0 spiro atoms.